The molecule has 2 amide bonds. The Morgan fingerprint density at radius 1 is 0.907 bits per heavy atom. The number of benzene rings is 2. The number of hydrazone groups is 2. The van der Waals surface area contributed by atoms with Crippen molar-refractivity contribution in [2.24, 2.45) is 22.0 Å². The molecule has 3 heterocycles. The highest BCUT2D eigenvalue weighted by Gasteiger charge is 2.29. The molecule has 2 aliphatic heterocycles. The van der Waals surface area contributed by atoms with E-state index in [0.29, 0.717) is 37.5 Å². The monoisotopic (exact) mass is 585 g/mol. The maximum absolute atomic E-state index is 12.9. The molecule has 3 aromatic rings. The van der Waals surface area contributed by atoms with Crippen LogP contribution in [0.3, 0.4) is 0 Å². The Kier molecular flexibility index (Phi) is 9.23. The predicted octanol–water partition coefficient (Wildman–Crippen LogP) is 5.11. The lowest BCUT2D eigenvalue weighted by Crippen LogP contribution is -2.37. The molecule has 1 N–H and O–H groups in total. The lowest BCUT2D eigenvalue weighted by Gasteiger charge is -2.28. The molecule has 0 saturated carbocycles. The zero-order chi connectivity index (χ0) is 30.5. The molecule has 0 spiro atoms. The standard InChI is InChI=1S/C33H39N5O5/c1-6-23-10-11-25-24(12-14-27(41-4)33(25)34-23)32-21(3)18-30(40)38(37-32)15-7-8-16-43-26-13-9-22(19-28(26)42-5)31-20(2)17-29(39)35-36-31/h9-14,19-21H,6-8,15-18H2,1-5H3,(H,35,39). The van der Waals surface area contributed by atoms with Crippen molar-refractivity contribution >= 4 is 34.1 Å². The van der Waals surface area contributed by atoms with E-state index < -0.39 is 0 Å². The van der Waals surface area contributed by atoms with Crippen LogP contribution in [-0.2, 0) is 16.0 Å². The molecule has 2 aromatic carbocycles. The van der Waals surface area contributed by atoms with Crippen molar-refractivity contribution in [2.45, 2.75) is 52.9 Å². The van der Waals surface area contributed by atoms with Gasteiger partial charge >= 0.3 is 0 Å². The summed E-state index contributed by atoms with van der Waals surface area (Å²) >= 11 is 0. The quantitative estimate of drug-likeness (QED) is 0.313. The summed E-state index contributed by atoms with van der Waals surface area (Å²) in [5.74, 6) is 1.91. The number of fused-ring (bicyclic) bond motifs is 1. The van der Waals surface area contributed by atoms with Gasteiger partial charge in [0.25, 0.3) is 0 Å². The van der Waals surface area contributed by atoms with Gasteiger partial charge in [-0.15, -0.1) is 0 Å². The maximum atomic E-state index is 12.9. The first kappa shape index (κ1) is 30.0. The van der Waals surface area contributed by atoms with E-state index in [1.54, 1.807) is 19.2 Å². The zero-order valence-corrected chi connectivity index (χ0v) is 25.5. The van der Waals surface area contributed by atoms with Gasteiger partial charge in [-0.25, -0.2) is 15.4 Å². The number of hydrogen-bond donors (Lipinski definition) is 1. The summed E-state index contributed by atoms with van der Waals surface area (Å²) in [6.07, 6.45) is 3.11. The highest BCUT2D eigenvalue weighted by Crippen LogP contribution is 2.32. The van der Waals surface area contributed by atoms with Crippen molar-refractivity contribution in [3.05, 3.63) is 59.3 Å². The van der Waals surface area contributed by atoms with Crippen molar-refractivity contribution in [1.29, 1.82) is 0 Å². The summed E-state index contributed by atoms with van der Waals surface area (Å²) in [4.78, 5) is 29.3. The molecule has 10 heteroatoms. The normalized spacial score (nSPS) is 18.7. The number of methoxy groups -OCH3 is 2. The largest absolute Gasteiger partial charge is 0.494 e. The topological polar surface area (TPSA) is 115 Å². The number of carbonyl (C=O) groups excluding carboxylic acids is 2. The number of carbonyl (C=O) groups is 2. The van der Waals surface area contributed by atoms with Crippen LogP contribution in [0.25, 0.3) is 10.9 Å². The van der Waals surface area contributed by atoms with E-state index >= 15 is 0 Å². The summed E-state index contributed by atoms with van der Waals surface area (Å²) in [7, 11) is 3.25. The van der Waals surface area contributed by atoms with Crippen molar-refractivity contribution < 1.29 is 23.8 Å². The minimum absolute atomic E-state index is 0.0104. The van der Waals surface area contributed by atoms with Gasteiger partial charge in [-0.1, -0.05) is 26.8 Å². The molecule has 0 bridgehead atoms. The number of aryl methyl sites for hydroxylation is 1. The Balaban J connectivity index is 1.23. The first-order valence-electron chi connectivity index (χ1n) is 14.9. The van der Waals surface area contributed by atoms with Gasteiger partial charge < -0.3 is 14.2 Å². The number of amides is 2. The van der Waals surface area contributed by atoms with Crippen LogP contribution < -0.4 is 19.6 Å². The second kappa shape index (κ2) is 13.2. The van der Waals surface area contributed by atoms with E-state index in [1.807, 2.05) is 50.2 Å². The van der Waals surface area contributed by atoms with Crippen LogP contribution >= 0.6 is 0 Å². The predicted molar refractivity (Wildman–Crippen MR) is 166 cm³/mol. The van der Waals surface area contributed by atoms with Crippen molar-refractivity contribution in [3.63, 3.8) is 0 Å². The number of hydrogen-bond acceptors (Lipinski definition) is 8. The van der Waals surface area contributed by atoms with Crippen LogP contribution in [0.1, 0.15) is 63.3 Å². The Morgan fingerprint density at radius 2 is 1.67 bits per heavy atom. The van der Waals surface area contributed by atoms with Crippen LogP contribution in [0.15, 0.2) is 52.7 Å². The number of ether oxygens (including phenoxy) is 3. The first-order chi connectivity index (χ1) is 20.8. The van der Waals surface area contributed by atoms with Crippen LogP contribution in [0.4, 0.5) is 0 Å². The highest BCUT2D eigenvalue weighted by molar-refractivity contribution is 6.14. The van der Waals surface area contributed by atoms with E-state index in [0.717, 1.165) is 64.2 Å². The summed E-state index contributed by atoms with van der Waals surface area (Å²) in [5.41, 5.74) is 7.92. The smallest absolute Gasteiger partial charge is 0.243 e. The van der Waals surface area contributed by atoms with Gasteiger partial charge in [0.15, 0.2) is 11.5 Å². The molecule has 226 valence electrons. The third kappa shape index (κ3) is 6.48. The fraction of sp³-hybridized carbons (Fsp3) is 0.424. The molecule has 2 aliphatic rings. The lowest BCUT2D eigenvalue weighted by molar-refractivity contribution is -0.132. The second-order valence-electron chi connectivity index (χ2n) is 11.0. The highest BCUT2D eigenvalue weighted by atomic mass is 16.5. The molecule has 2 atom stereocenters. The van der Waals surface area contributed by atoms with Crippen LogP contribution in [0.2, 0.25) is 0 Å². The van der Waals surface area contributed by atoms with E-state index in [9.17, 15) is 9.59 Å². The van der Waals surface area contributed by atoms with Gasteiger partial charge in [0.1, 0.15) is 11.3 Å². The number of nitrogens with zero attached hydrogens (tertiary/aromatic N) is 4. The number of aromatic nitrogens is 1. The van der Waals surface area contributed by atoms with E-state index in [4.69, 9.17) is 24.3 Å². The SMILES string of the molecule is CCc1ccc2c(C3=NN(CCCCOc4ccc(C5=NNC(=O)CC5C)cc4OC)C(=O)CC3C)ccc(OC)c2n1. The fourth-order valence-electron chi connectivity index (χ4n) is 5.55. The van der Waals surface area contributed by atoms with Crippen LogP contribution in [0.5, 0.6) is 17.2 Å². The van der Waals surface area contributed by atoms with Gasteiger partial charge in [0, 0.05) is 53.4 Å². The average Bonchev–Trinajstić information content (AvgIpc) is 3.01. The molecule has 0 fully saturated rings. The molecule has 43 heavy (non-hydrogen) atoms. The number of rotatable bonds is 11. The van der Waals surface area contributed by atoms with Gasteiger partial charge in [-0.05, 0) is 55.7 Å². The van der Waals surface area contributed by atoms with Crippen LogP contribution in [-0.4, -0.2) is 60.6 Å². The molecular formula is C33H39N5O5. The Hall–Kier alpha value is -4.47. The number of unbranched alkanes of at least 4 members (excludes halogenated alkanes) is 1. The third-order valence-electron chi connectivity index (χ3n) is 7.94. The first-order valence-corrected chi connectivity index (χ1v) is 14.9. The Labute approximate surface area is 252 Å². The van der Waals surface area contributed by atoms with Gasteiger partial charge in [0.05, 0.1) is 32.2 Å². The van der Waals surface area contributed by atoms with Crippen molar-refractivity contribution in [2.75, 3.05) is 27.4 Å². The summed E-state index contributed by atoms with van der Waals surface area (Å²) in [5, 5.41) is 11.6. The second-order valence-corrected chi connectivity index (χ2v) is 11.0. The number of nitrogens with one attached hydrogen (secondary N) is 1. The number of pyridine rings is 1. The third-order valence-corrected chi connectivity index (χ3v) is 7.94. The van der Waals surface area contributed by atoms with Crippen molar-refractivity contribution in [1.82, 2.24) is 15.4 Å². The maximum Gasteiger partial charge on any atom is 0.243 e. The molecule has 0 radical (unpaired) electrons. The van der Waals surface area contributed by atoms with E-state index in [1.165, 1.54) is 0 Å². The molecule has 5 rings (SSSR count). The Morgan fingerprint density at radius 3 is 2.42 bits per heavy atom. The molecule has 0 aliphatic carbocycles. The van der Waals surface area contributed by atoms with Crippen molar-refractivity contribution in [3.8, 4) is 17.2 Å². The fourth-order valence-corrected chi connectivity index (χ4v) is 5.55. The minimum Gasteiger partial charge on any atom is -0.494 e. The molecule has 1 aromatic heterocycles. The average molecular weight is 586 g/mol. The Bertz CT molecular complexity index is 1580. The van der Waals surface area contributed by atoms with Gasteiger partial charge in [-0.3, -0.25) is 9.59 Å². The van der Waals surface area contributed by atoms with E-state index in [-0.39, 0.29) is 23.7 Å². The van der Waals surface area contributed by atoms with Gasteiger partial charge in [0.2, 0.25) is 11.8 Å². The lowest BCUT2D eigenvalue weighted by atomic mass is 9.91. The summed E-state index contributed by atoms with van der Waals surface area (Å²) < 4.78 is 17.2. The molecule has 2 unspecified atom stereocenters. The molecule has 10 nitrogen and oxygen atoms in total. The molecule has 0 saturated heterocycles. The van der Waals surface area contributed by atoms with Crippen LogP contribution in [0, 0.1) is 11.8 Å². The minimum atomic E-state index is -0.0807. The van der Waals surface area contributed by atoms with Gasteiger partial charge in [-0.2, -0.15) is 10.2 Å². The molecular weight excluding hydrogens is 546 g/mol. The zero-order valence-electron chi connectivity index (χ0n) is 25.5. The summed E-state index contributed by atoms with van der Waals surface area (Å²) in [6, 6.07) is 13.7. The van der Waals surface area contributed by atoms with E-state index in [2.05, 4.69) is 23.5 Å². The summed E-state index contributed by atoms with van der Waals surface area (Å²) in [6.45, 7) is 7.07.